The Bertz CT molecular complexity index is 773. The van der Waals surface area contributed by atoms with Crippen LogP contribution in [0.25, 0.3) is 16.5 Å². The molecule has 1 atom stereocenters. The van der Waals surface area contributed by atoms with E-state index in [1.54, 1.807) is 0 Å². The van der Waals surface area contributed by atoms with Crippen molar-refractivity contribution in [2.75, 3.05) is 6.54 Å². The topological polar surface area (TPSA) is 7.12 Å². The molecule has 1 unspecified atom stereocenters. The van der Waals surface area contributed by atoms with E-state index in [0.717, 1.165) is 12.6 Å². The van der Waals surface area contributed by atoms with E-state index in [-0.39, 0.29) is 0 Å². The van der Waals surface area contributed by atoms with Crippen molar-refractivity contribution in [1.82, 2.24) is 4.90 Å². The molecule has 0 saturated carbocycles. The second kappa shape index (κ2) is 5.28. The SMILES string of the molecule is C=CC[n+]1c(C2=CN3CCC3CC2)ccc2cc(C)ccc21. The molecule has 2 aliphatic rings. The van der Waals surface area contributed by atoms with Gasteiger partial charge in [-0.25, -0.2) is 0 Å². The van der Waals surface area contributed by atoms with E-state index < -0.39 is 0 Å². The molecular formula is C20H23N2+. The third kappa shape index (κ3) is 2.14. The van der Waals surface area contributed by atoms with Gasteiger partial charge in [0.05, 0.1) is 0 Å². The molecule has 0 N–H and O–H groups in total. The lowest BCUT2D eigenvalue weighted by molar-refractivity contribution is -0.663. The number of hydrogen-bond acceptors (Lipinski definition) is 1. The summed E-state index contributed by atoms with van der Waals surface area (Å²) in [4.78, 5) is 2.51. The fourth-order valence-electron chi connectivity index (χ4n) is 3.77. The molecule has 0 radical (unpaired) electrons. The largest absolute Gasteiger partial charge is 0.374 e. The van der Waals surface area contributed by atoms with Gasteiger partial charge < -0.3 is 4.90 Å². The van der Waals surface area contributed by atoms with Gasteiger partial charge in [-0.2, -0.15) is 4.57 Å². The maximum absolute atomic E-state index is 3.95. The molecular weight excluding hydrogens is 268 g/mol. The van der Waals surface area contributed by atoms with Crippen LogP contribution in [-0.2, 0) is 6.54 Å². The quantitative estimate of drug-likeness (QED) is 0.616. The Balaban J connectivity index is 1.86. The molecule has 0 amide bonds. The van der Waals surface area contributed by atoms with Crippen LogP contribution in [0.15, 0.2) is 49.2 Å². The fourth-order valence-corrected chi connectivity index (χ4v) is 3.77. The van der Waals surface area contributed by atoms with Gasteiger partial charge in [0.2, 0.25) is 11.2 Å². The highest BCUT2D eigenvalue weighted by molar-refractivity contribution is 5.78. The normalized spacial score (nSPS) is 20.3. The van der Waals surface area contributed by atoms with Gasteiger partial charge in [0.1, 0.15) is 0 Å². The number of pyridine rings is 1. The van der Waals surface area contributed by atoms with E-state index in [9.17, 15) is 0 Å². The molecule has 1 aromatic heterocycles. The van der Waals surface area contributed by atoms with E-state index in [1.807, 2.05) is 6.08 Å². The monoisotopic (exact) mass is 291 g/mol. The highest BCUT2D eigenvalue weighted by Crippen LogP contribution is 2.33. The molecule has 112 valence electrons. The van der Waals surface area contributed by atoms with Crippen molar-refractivity contribution in [1.29, 1.82) is 0 Å². The summed E-state index contributed by atoms with van der Waals surface area (Å²) in [6.45, 7) is 8.19. The van der Waals surface area contributed by atoms with Crippen LogP contribution in [0.2, 0.25) is 0 Å². The molecule has 1 aromatic carbocycles. The van der Waals surface area contributed by atoms with Crippen LogP contribution >= 0.6 is 0 Å². The first-order chi connectivity index (χ1) is 10.8. The number of aromatic nitrogens is 1. The summed E-state index contributed by atoms with van der Waals surface area (Å²) in [5.74, 6) is 0. The number of nitrogens with zero attached hydrogens (tertiary/aromatic N) is 2. The Hall–Kier alpha value is -2.09. The first-order valence-electron chi connectivity index (χ1n) is 8.27. The van der Waals surface area contributed by atoms with Crippen LogP contribution in [0.3, 0.4) is 0 Å². The van der Waals surface area contributed by atoms with E-state index in [0.29, 0.717) is 0 Å². The number of rotatable bonds is 3. The van der Waals surface area contributed by atoms with E-state index >= 15 is 0 Å². The zero-order valence-electron chi connectivity index (χ0n) is 13.3. The summed E-state index contributed by atoms with van der Waals surface area (Å²) in [6, 6.07) is 12.1. The lowest BCUT2D eigenvalue weighted by Crippen LogP contribution is -2.46. The molecule has 0 bridgehead atoms. The predicted molar refractivity (Wildman–Crippen MR) is 91.4 cm³/mol. The van der Waals surface area contributed by atoms with E-state index in [4.69, 9.17) is 0 Å². The summed E-state index contributed by atoms with van der Waals surface area (Å²) < 4.78 is 2.41. The minimum Gasteiger partial charge on any atom is -0.374 e. The van der Waals surface area contributed by atoms with Crippen molar-refractivity contribution in [2.24, 2.45) is 0 Å². The molecule has 2 aliphatic heterocycles. The average molecular weight is 291 g/mol. The minimum absolute atomic E-state index is 0.805. The summed E-state index contributed by atoms with van der Waals surface area (Å²) in [6.07, 6.45) is 8.25. The molecule has 1 saturated heterocycles. The number of allylic oxidation sites excluding steroid dienone is 2. The molecule has 1 fully saturated rings. The predicted octanol–water partition coefficient (Wildman–Crippen LogP) is 3.83. The van der Waals surface area contributed by atoms with E-state index in [1.165, 1.54) is 53.5 Å². The standard InChI is InChI=1S/C20H23N2/c1-3-11-22-19-8-4-15(2)13-16(19)6-9-20(22)17-5-7-18-10-12-21(18)14-17/h3-4,6,8-9,13-14,18H,1,5,7,10-12H2,2H3/q+1. The van der Waals surface area contributed by atoms with Crippen molar-refractivity contribution >= 4 is 16.5 Å². The Labute approximate surface area is 132 Å². The van der Waals surface area contributed by atoms with Crippen LogP contribution in [0.4, 0.5) is 0 Å². The zero-order chi connectivity index (χ0) is 15.1. The third-order valence-electron chi connectivity index (χ3n) is 5.08. The molecule has 4 rings (SSSR count). The van der Waals surface area contributed by atoms with Crippen LogP contribution in [0, 0.1) is 6.92 Å². The van der Waals surface area contributed by atoms with Gasteiger partial charge in [0, 0.05) is 41.9 Å². The zero-order valence-corrected chi connectivity index (χ0v) is 13.3. The molecule has 0 spiro atoms. The fraction of sp³-hybridized carbons (Fsp3) is 0.350. The van der Waals surface area contributed by atoms with Gasteiger partial charge in [-0.15, -0.1) is 0 Å². The summed E-state index contributed by atoms with van der Waals surface area (Å²) in [5.41, 5.74) is 5.43. The smallest absolute Gasteiger partial charge is 0.213 e. The van der Waals surface area contributed by atoms with Crippen molar-refractivity contribution in [3.05, 3.63) is 60.4 Å². The number of hydrogen-bond donors (Lipinski definition) is 0. The minimum atomic E-state index is 0.805. The summed E-state index contributed by atoms with van der Waals surface area (Å²) in [5, 5.41) is 1.31. The van der Waals surface area contributed by atoms with E-state index in [2.05, 4.69) is 59.5 Å². The van der Waals surface area contributed by atoms with Crippen LogP contribution in [0.1, 0.15) is 30.5 Å². The molecule has 3 heterocycles. The molecule has 22 heavy (non-hydrogen) atoms. The van der Waals surface area contributed by atoms with Gasteiger partial charge in [-0.1, -0.05) is 18.2 Å². The average Bonchev–Trinajstić information content (AvgIpc) is 2.49. The lowest BCUT2D eigenvalue weighted by atomic mass is 9.90. The van der Waals surface area contributed by atoms with Crippen molar-refractivity contribution in [2.45, 2.75) is 38.8 Å². The third-order valence-corrected chi connectivity index (χ3v) is 5.08. The second-order valence-corrected chi connectivity index (χ2v) is 6.55. The molecule has 0 aliphatic carbocycles. The van der Waals surface area contributed by atoms with Crippen LogP contribution in [0.5, 0.6) is 0 Å². The number of aryl methyl sites for hydroxylation is 1. The first-order valence-corrected chi connectivity index (χ1v) is 8.27. The molecule has 2 heteroatoms. The summed E-state index contributed by atoms with van der Waals surface area (Å²) in [7, 11) is 0. The second-order valence-electron chi connectivity index (χ2n) is 6.55. The Morgan fingerprint density at radius 2 is 2.18 bits per heavy atom. The number of benzene rings is 1. The summed E-state index contributed by atoms with van der Waals surface area (Å²) >= 11 is 0. The van der Waals surface area contributed by atoms with Gasteiger partial charge in [-0.05, 0) is 44.4 Å². The maximum Gasteiger partial charge on any atom is 0.213 e. The first kappa shape index (κ1) is 13.6. The molecule has 2 nitrogen and oxygen atoms in total. The van der Waals surface area contributed by atoms with Crippen molar-refractivity contribution < 1.29 is 4.57 Å². The van der Waals surface area contributed by atoms with Gasteiger partial charge in [0.15, 0.2) is 6.54 Å². The Morgan fingerprint density at radius 3 is 2.91 bits per heavy atom. The van der Waals surface area contributed by atoms with Crippen molar-refractivity contribution in [3.8, 4) is 0 Å². The highest BCUT2D eigenvalue weighted by atomic mass is 15.2. The molecule has 2 aromatic rings. The maximum atomic E-state index is 3.95. The van der Waals surface area contributed by atoms with Gasteiger partial charge >= 0.3 is 0 Å². The lowest BCUT2D eigenvalue weighted by Gasteiger charge is -2.43. The van der Waals surface area contributed by atoms with Crippen LogP contribution < -0.4 is 4.57 Å². The Morgan fingerprint density at radius 1 is 1.27 bits per heavy atom. The van der Waals surface area contributed by atoms with Crippen LogP contribution in [-0.4, -0.2) is 17.5 Å². The van der Waals surface area contributed by atoms with Crippen molar-refractivity contribution in [3.63, 3.8) is 0 Å². The highest BCUT2D eigenvalue weighted by Gasteiger charge is 2.31. The Kier molecular flexibility index (Phi) is 3.25. The van der Waals surface area contributed by atoms with Gasteiger partial charge in [-0.3, -0.25) is 0 Å². The number of fused-ring (bicyclic) bond motifs is 2. The van der Waals surface area contributed by atoms with Gasteiger partial charge in [0.25, 0.3) is 0 Å².